The van der Waals surface area contributed by atoms with Gasteiger partial charge in [-0.2, -0.15) is 0 Å². The van der Waals surface area contributed by atoms with E-state index in [0.29, 0.717) is 37.9 Å². The molecule has 5 aromatic rings. The number of pyridine rings is 1. The zero-order valence-corrected chi connectivity index (χ0v) is 21.2. The molecule has 0 bridgehead atoms. The molecular weight excluding hydrogens is 498 g/mol. The number of methoxy groups -OCH3 is 2. The summed E-state index contributed by atoms with van der Waals surface area (Å²) in [4.78, 5) is 23.9. The number of hydrogen-bond donors (Lipinski definition) is 1. The maximum Gasteiger partial charge on any atom is 0.263 e. The molecule has 0 saturated heterocycles. The normalized spacial score (nSPS) is 13.4. The van der Waals surface area contributed by atoms with E-state index in [1.165, 1.54) is 11.3 Å². The van der Waals surface area contributed by atoms with E-state index in [2.05, 4.69) is 4.98 Å². The van der Waals surface area contributed by atoms with Crippen molar-refractivity contribution in [3.05, 3.63) is 75.2 Å². The summed E-state index contributed by atoms with van der Waals surface area (Å²) in [5, 5.41) is 11.9. The minimum Gasteiger partial charge on any atom is -0.505 e. The van der Waals surface area contributed by atoms with E-state index in [1.807, 2.05) is 30.3 Å². The summed E-state index contributed by atoms with van der Waals surface area (Å²) in [6.07, 6.45) is 3.83. The molecule has 6 rings (SSSR count). The average Bonchev–Trinajstić information content (AvgIpc) is 3.68. The lowest BCUT2D eigenvalue weighted by Crippen LogP contribution is -2.24. The largest absolute Gasteiger partial charge is 0.505 e. The van der Waals surface area contributed by atoms with Crippen LogP contribution in [-0.4, -0.2) is 33.9 Å². The van der Waals surface area contributed by atoms with E-state index >= 15 is 0 Å². The van der Waals surface area contributed by atoms with Gasteiger partial charge in [-0.1, -0.05) is 17.7 Å². The van der Waals surface area contributed by atoms with Crippen LogP contribution in [0.1, 0.15) is 29.9 Å². The van der Waals surface area contributed by atoms with Gasteiger partial charge in [0.1, 0.15) is 16.4 Å². The van der Waals surface area contributed by atoms with Crippen LogP contribution in [0.15, 0.2) is 53.5 Å². The summed E-state index contributed by atoms with van der Waals surface area (Å²) in [7, 11) is 3.21. The lowest BCUT2D eigenvalue weighted by molar-refractivity contribution is 0.397. The monoisotopic (exact) mass is 519 g/mol. The van der Waals surface area contributed by atoms with Crippen LogP contribution < -0.4 is 15.0 Å². The van der Waals surface area contributed by atoms with Crippen molar-refractivity contribution in [2.24, 2.45) is 0 Å². The fourth-order valence-electron chi connectivity index (χ4n) is 4.58. The van der Waals surface area contributed by atoms with E-state index in [4.69, 9.17) is 26.1 Å². The number of aromatic hydroxyl groups is 1. The molecule has 3 heterocycles. The molecule has 0 radical (unpaired) electrons. The molecule has 0 atom stereocenters. The molecule has 3 aromatic heterocycles. The second-order valence-corrected chi connectivity index (χ2v) is 10.2. The number of aromatic nitrogens is 3. The van der Waals surface area contributed by atoms with Crippen LogP contribution in [0.2, 0.25) is 5.02 Å². The second-order valence-electron chi connectivity index (χ2n) is 8.82. The van der Waals surface area contributed by atoms with Crippen molar-refractivity contribution in [2.75, 3.05) is 14.2 Å². The first kappa shape index (κ1) is 22.8. The van der Waals surface area contributed by atoms with Crippen LogP contribution in [0.4, 0.5) is 0 Å². The number of phenols is 1. The standard InChI is InChI=1S/C27H22ClN3O4S/c1-34-16-5-6-17(19(12-16)15-3-4-15)25-30-26-22(18-7-8-20(28)23(32)24(18)36-26)27(33)31(25)13-14-9-10-29-21(11-14)35-2/h5-12,15,32H,3-4,13H2,1-2H3. The molecule has 1 N–H and O–H groups in total. The Kier molecular flexibility index (Phi) is 5.58. The first-order chi connectivity index (χ1) is 17.5. The second kappa shape index (κ2) is 8.80. The predicted molar refractivity (Wildman–Crippen MR) is 142 cm³/mol. The van der Waals surface area contributed by atoms with Crippen LogP contribution in [-0.2, 0) is 6.54 Å². The Balaban J connectivity index is 1.66. The molecule has 0 spiro atoms. The van der Waals surface area contributed by atoms with Gasteiger partial charge in [-0.25, -0.2) is 9.97 Å². The predicted octanol–water partition coefficient (Wildman–Crippen LogP) is 5.98. The first-order valence-corrected chi connectivity index (χ1v) is 12.7. The summed E-state index contributed by atoms with van der Waals surface area (Å²) in [5.74, 6) is 2.19. The highest BCUT2D eigenvalue weighted by Gasteiger charge is 2.29. The first-order valence-electron chi connectivity index (χ1n) is 11.5. The summed E-state index contributed by atoms with van der Waals surface area (Å²) in [6, 6.07) is 13.0. The molecule has 1 aliphatic rings. The Hall–Kier alpha value is -3.62. The topological polar surface area (TPSA) is 86.5 Å². The minimum absolute atomic E-state index is 0.0355. The van der Waals surface area contributed by atoms with Gasteiger partial charge in [-0.3, -0.25) is 9.36 Å². The van der Waals surface area contributed by atoms with Crippen molar-refractivity contribution in [2.45, 2.75) is 25.3 Å². The van der Waals surface area contributed by atoms with Crippen molar-refractivity contribution in [3.63, 3.8) is 0 Å². The van der Waals surface area contributed by atoms with E-state index in [9.17, 15) is 9.90 Å². The van der Waals surface area contributed by atoms with Gasteiger partial charge in [0.25, 0.3) is 5.56 Å². The van der Waals surface area contributed by atoms with Crippen molar-refractivity contribution >= 4 is 43.2 Å². The average molecular weight is 520 g/mol. The van der Waals surface area contributed by atoms with E-state index in [0.717, 1.165) is 35.3 Å². The van der Waals surface area contributed by atoms with E-state index in [1.54, 1.807) is 37.1 Å². The van der Waals surface area contributed by atoms with Gasteiger partial charge in [-0.05, 0) is 60.2 Å². The number of benzene rings is 2. The van der Waals surface area contributed by atoms with Gasteiger partial charge >= 0.3 is 0 Å². The number of halogens is 1. The fourth-order valence-corrected chi connectivity index (χ4v) is 5.91. The summed E-state index contributed by atoms with van der Waals surface area (Å²) < 4.78 is 13.0. The Labute approximate surface area is 215 Å². The number of phenolic OH excluding ortho intramolecular Hbond substituents is 1. The maximum atomic E-state index is 14.1. The van der Waals surface area contributed by atoms with Gasteiger partial charge in [-0.15, -0.1) is 11.3 Å². The molecule has 2 aromatic carbocycles. The molecule has 0 amide bonds. The third-order valence-electron chi connectivity index (χ3n) is 6.55. The summed E-state index contributed by atoms with van der Waals surface area (Å²) >= 11 is 7.43. The van der Waals surface area contributed by atoms with E-state index < -0.39 is 0 Å². The molecule has 9 heteroatoms. The van der Waals surface area contributed by atoms with Gasteiger partial charge < -0.3 is 14.6 Å². The van der Waals surface area contributed by atoms with Crippen LogP contribution >= 0.6 is 22.9 Å². The summed E-state index contributed by atoms with van der Waals surface area (Å²) in [5.41, 5.74) is 2.70. The van der Waals surface area contributed by atoms with Crippen LogP contribution in [0.25, 0.3) is 31.7 Å². The van der Waals surface area contributed by atoms with E-state index in [-0.39, 0.29) is 22.9 Å². The SMILES string of the molecule is COc1ccc(-c2nc3sc4c(O)c(Cl)ccc4c3c(=O)n2Cc2ccnc(OC)c2)c(C2CC2)c1. The number of hydrogen-bond acceptors (Lipinski definition) is 7. The van der Waals surface area contributed by atoms with Gasteiger partial charge in [0.2, 0.25) is 5.88 Å². The Bertz CT molecular complexity index is 1710. The third kappa shape index (κ3) is 3.77. The molecule has 1 fully saturated rings. The molecule has 0 unspecified atom stereocenters. The molecule has 36 heavy (non-hydrogen) atoms. The number of nitrogens with zero attached hydrogens (tertiary/aromatic N) is 3. The lowest BCUT2D eigenvalue weighted by atomic mass is 10.0. The number of fused-ring (bicyclic) bond motifs is 3. The van der Waals surface area contributed by atoms with Crippen LogP contribution in [0.5, 0.6) is 17.4 Å². The number of ether oxygens (including phenoxy) is 2. The highest BCUT2D eigenvalue weighted by Crippen LogP contribution is 2.46. The van der Waals surface area contributed by atoms with Crippen LogP contribution in [0, 0.1) is 0 Å². The fraction of sp³-hybridized carbons (Fsp3) is 0.222. The molecule has 1 aliphatic carbocycles. The Morgan fingerprint density at radius 2 is 1.97 bits per heavy atom. The maximum absolute atomic E-state index is 14.1. The van der Waals surface area contributed by atoms with Crippen LogP contribution in [0.3, 0.4) is 0 Å². The lowest BCUT2D eigenvalue weighted by Gasteiger charge is -2.16. The smallest absolute Gasteiger partial charge is 0.263 e. The molecular formula is C27H22ClN3O4S. The zero-order chi connectivity index (χ0) is 25.0. The third-order valence-corrected chi connectivity index (χ3v) is 7.96. The molecule has 0 aliphatic heterocycles. The zero-order valence-electron chi connectivity index (χ0n) is 19.6. The Morgan fingerprint density at radius 3 is 2.72 bits per heavy atom. The van der Waals surface area contributed by atoms with Crippen molar-refractivity contribution in [3.8, 4) is 28.8 Å². The van der Waals surface area contributed by atoms with Gasteiger partial charge in [0, 0.05) is 23.2 Å². The van der Waals surface area contributed by atoms with Gasteiger partial charge in [0.05, 0.1) is 35.9 Å². The van der Waals surface area contributed by atoms with Crippen molar-refractivity contribution < 1.29 is 14.6 Å². The molecule has 182 valence electrons. The quantitative estimate of drug-likeness (QED) is 0.297. The number of rotatable bonds is 6. The number of thiophene rings is 1. The highest BCUT2D eigenvalue weighted by molar-refractivity contribution is 7.25. The van der Waals surface area contributed by atoms with Crippen molar-refractivity contribution in [1.82, 2.24) is 14.5 Å². The molecule has 7 nitrogen and oxygen atoms in total. The highest BCUT2D eigenvalue weighted by atomic mass is 35.5. The Morgan fingerprint density at radius 1 is 1.14 bits per heavy atom. The minimum atomic E-state index is -0.184. The molecule has 1 saturated carbocycles. The van der Waals surface area contributed by atoms with Crippen molar-refractivity contribution in [1.29, 1.82) is 0 Å². The van der Waals surface area contributed by atoms with Gasteiger partial charge in [0.15, 0.2) is 5.75 Å². The summed E-state index contributed by atoms with van der Waals surface area (Å²) in [6.45, 7) is 0.281.